The third kappa shape index (κ3) is 2.75. The Morgan fingerprint density at radius 3 is 2.40 bits per heavy atom. The molecule has 3 N–H and O–H groups in total. The van der Waals surface area contributed by atoms with Crippen LogP contribution < -0.4 is 5.59 Å². The van der Waals surface area contributed by atoms with Gasteiger partial charge in [-0.15, -0.1) is 0 Å². The topological polar surface area (TPSA) is 65.5 Å². The molecule has 1 heterocycles. The van der Waals surface area contributed by atoms with Crippen LogP contribution in [0.4, 0.5) is 0 Å². The summed E-state index contributed by atoms with van der Waals surface area (Å²) < 4.78 is 5.63. The van der Waals surface area contributed by atoms with E-state index in [1.54, 1.807) is 27.7 Å². The molecule has 0 saturated heterocycles. The number of aromatic nitrogens is 1. The summed E-state index contributed by atoms with van der Waals surface area (Å²) in [5.74, 6) is 0. The van der Waals surface area contributed by atoms with Gasteiger partial charge in [0, 0.05) is 11.1 Å². The fraction of sp³-hybridized carbons (Fsp3) is 0.467. The number of rotatable bonds is 4. The van der Waals surface area contributed by atoms with Crippen molar-refractivity contribution in [2.45, 2.75) is 45.8 Å². The van der Waals surface area contributed by atoms with E-state index in [4.69, 9.17) is 4.65 Å². The molecule has 0 aliphatic heterocycles. The van der Waals surface area contributed by atoms with E-state index in [2.05, 4.69) is 4.98 Å². The molecule has 0 spiro atoms. The maximum Gasteiger partial charge on any atom is 0.508 e. The molecule has 2 aromatic rings. The normalized spacial score (nSPS) is 12.9. The van der Waals surface area contributed by atoms with Crippen molar-refractivity contribution in [1.82, 2.24) is 4.98 Å². The number of aliphatic hydroxyl groups is 1. The molecule has 0 radical (unpaired) electrons. The smallest absolute Gasteiger partial charge is 0.422 e. The summed E-state index contributed by atoms with van der Waals surface area (Å²) in [6.07, 6.45) is 0. The van der Waals surface area contributed by atoms with Crippen LogP contribution >= 0.6 is 0 Å². The number of benzene rings is 1. The molecule has 0 bridgehead atoms. The highest BCUT2D eigenvalue weighted by Crippen LogP contribution is 2.25. The van der Waals surface area contributed by atoms with Crippen LogP contribution in [0.3, 0.4) is 0 Å². The van der Waals surface area contributed by atoms with Crippen LogP contribution in [0.5, 0.6) is 0 Å². The summed E-state index contributed by atoms with van der Waals surface area (Å²) >= 11 is 0. The van der Waals surface area contributed by atoms with Crippen LogP contribution in [-0.4, -0.2) is 33.4 Å². The second kappa shape index (κ2) is 4.92. The first kappa shape index (κ1) is 15.1. The average Bonchev–Trinajstić information content (AvgIpc) is 2.72. The molecule has 1 aromatic carbocycles. The van der Waals surface area contributed by atoms with Gasteiger partial charge in [0.1, 0.15) is 0 Å². The summed E-state index contributed by atoms with van der Waals surface area (Å²) in [5, 5.41) is 21.4. The third-order valence-corrected chi connectivity index (χ3v) is 4.03. The molecule has 20 heavy (non-hydrogen) atoms. The SMILES string of the molecule is Cc1cccc2cc(B(O)OC(C)(C)C(C)(C)O)[nH]c12. The molecule has 1 aromatic heterocycles. The number of fused-ring (bicyclic) bond motifs is 1. The minimum Gasteiger partial charge on any atom is -0.422 e. The first-order valence-electron chi connectivity index (χ1n) is 6.78. The molecule has 0 amide bonds. The lowest BCUT2D eigenvalue weighted by Gasteiger charge is -2.38. The zero-order valence-electron chi connectivity index (χ0n) is 12.7. The van der Waals surface area contributed by atoms with E-state index in [9.17, 15) is 10.1 Å². The van der Waals surface area contributed by atoms with Crippen molar-refractivity contribution in [2.75, 3.05) is 0 Å². The van der Waals surface area contributed by atoms with Gasteiger partial charge in [0.05, 0.1) is 11.2 Å². The Hall–Kier alpha value is -1.30. The fourth-order valence-electron chi connectivity index (χ4n) is 1.95. The molecule has 2 rings (SSSR count). The van der Waals surface area contributed by atoms with Crippen molar-refractivity contribution in [3.63, 3.8) is 0 Å². The second-order valence-corrected chi connectivity index (χ2v) is 6.30. The summed E-state index contributed by atoms with van der Waals surface area (Å²) in [6, 6.07) is 7.84. The van der Waals surface area contributed by atoms with Gasteiger partial charge in [-0.25, -0.2) is 0 Å². The maximum atomic E-state index is 10.2. The Labute approximate surface area is 119 Å². The molecule has 0 fully saturated rings. The Bertz CT molecular complexity index is 613. The maximum absolute atomic E-state index is 10.2. The predicted molar refractivity (Wildman–Crippen MR) is 82.1 cm³/mol. The first-order chi connectivity index (χ1) is 9.12. The van der Waals surface area contributed by atoms with E-state index < -0.39 is 18.3 Å². The monoisotopic (exact) mass is 275 g/mol. The molecule has 0 aliphatic rings. The molecule has 0 atom stereocenters. The first-order valence-corrected chi connectivity index (χ1v) is 6.78. The number of para-hydroxylation sites is 1. The highest BCUT2D eigenvalue weighted by molar-refractivity contribution is 6.59. The fourth-order valence-corrected chi connectivity index (χ4v) is 1.95. The third-order valence-electron chi connectivity index (χ3n) is 4.03. The van der Waals surface area contributed by atoms with E-state index in [-0.39, 0.29) is 0 Å². The number of H-pyrrole nitrogens is 1. The number of nitrogens with one attached hydrogen (secondary N) is 1. The van der Waals surface area contributed by atoms with E-state index in [1.807, 2.05) is 31.2 Å². The highest BCUT2D eigenvalue weighted by Gasteiger charge is 2.39. The number of hydrogen-bond acceptors (Lipinski definition) is 3. The van der Waals surface area contributed by atoms with Crippen LogP contribution in [-0.2, 0) is 4.65 Å². The summed E-state index contributed by atoms with van der Waals surface area (Å²) in [7, 11) is -1.11. The van der Waals surface area contributed by atoms with Gasteiger partial charge in [-0.3, -0.25) is 0 Å². The van der Waals surface area contributed by atoms with Crippen LogP contribution in [0.2, 0.25) is 0 Å². The number of hydrogen-bond donors (Lipinski definition) is 3. The number of aromatic amines is 1. The Kier molecular flexibility index (Phi) is 3.71. The Morgan fingerprint density at radius 2 is 1.85 bits per heavy atom. The van der Waals surface area contributed by atoms with Crippen molar-refractivity contribution in [2.24, 2.45) is 0 Å². The lowest BCUT2D eigenvalue weighted by molar-refractivity contribution is -0.0983. The van der Waals surface area contributed by atoms with E-state index in [0.29, 0.717) is 5.59 Å². The molecule has 0 unspecified atom stereocenters. The van der Waals surface area contributed by atoms with Crippen LogP contribution in [0.25, 0.3) is 10.9 Å². The minimum absolute atomic E-state index is 0.589. The summed E-state index contributed by atoms with van der Waals surface area (Å²) in [6.45, 7) is 8.84. The molecular formula is C15H22BNO3. The molecule has 0 saturated carbocycles. The van der Waals surface area contributed by atoms with Gasteiger partial charge in [-0.05, 0) is 51.6 Å². The predicted octanol–water partition coefficient (Wildman–Crippen LogP) is 1.73. The molecule has 108 valence electrons. The van der Waals surface area contributed by atoms with Crippen LogP contribution in [0.1, 0.15) is 33.3 Å². The van der Waals surface area contributed by atoms with Crippen molar-refractivity contribution >= 4 is 23.6 Å². The van der Waals surface area contributed by atoms with Gasteiger partial charge in [0.25, 0.3) is 0 Å². The molecular weight excluding hydrogens is 253 g/mol. The Balaban J connectivity index is 2.28. The van der Waals surface area contributed by atoms with Gasteiger partial charge in [0.15, 0.2) is 0 Å². The lowest BCUT2D eigenvalue weighted by Crippen LogP contribution is -2.53. The zero-order chi connectivity index (χ0) is 15.1. The number of aryl methyl sites for hydroxylation is 1. The lowest BCUT2D eigenvalue weighted by atomic mass is 9.80. The summed E-state index contributed by atoms with van der Waals surface area (Å²) in [4.78, 5) is 3.18. The van der Waals surface area contributed by atoms with Gasteiger partial charge in [0.2, 0.25) is 0 Å². The molecule has 5 heteroatoms. The quantitative estimate of drug-likeness (QED) is 0.744. The standard InChI is InChI=1S/C15H22BNO3/c1-10-7-6-8-11-9-12(17-13(10)11)16(19)20-15(4,5)14(2,3)18/h6-9,17-19H,1-5H3. The van der Waals surface area contributed by atoms with E-state index in [0.717, 1.165) is 16.5 Å². The second-order valence-electron chi connectivity index (χ2n) is 6.30. The highest BCUT2D eigenvalue weighted by atomic mass is 16.5. The minimum atomic E-state index is -1.11. The van der Waals surface area contributed by atoms with Crippen molar-refractivity contribution < 1.29 is 14.8 Å². The largest absolute Gasteiger partial charge is 0.508 e. The van der Waals surface area contributed by atoms with Crippen molar-refractivity contribution in [3.8, 4) is 0 Å². The van der Waals surface area contributed by atoms with Crippen LogP contribution in [0.15, 0.2) is 24.3 Å². The van der Waals surface area contributed by atoms with E-state index in [1.165, 1.54) is 0 Å². The molecule has 0 aliphatic carbocycles. The average molecular weight is 275 g/mol. The van der Waals surface area contributed by atoms with Crippen LogP contribution in [0, 0.1) is 6.92 Å². The Morgan fingerprint density at radius 1 is 1.20 bits per heavy atom. The molecule has 4 nitrogen and oxygen atoms in total. The van der Waals surface area contributed by atoms with Gasteiger partial charge in [-0.2, -0.15) is 0 Å². The van der Waals surface area contributed by atoms with Crippen molar-refractivity contribution in [1.29, 1.82) is 0 Å². The van der Waals surface area contributed by atoms with Gasteiger partial charge >= 0.3 is 7.12 Å². The van der Waals surface area contributed by atoms with Gasteiger partial charge < -0.3 is 19.8 Å². The van der Waals surface area contributed by atoms with E-state index >= 15 is 0 Å². The van der Waals surface area contributed by atoms with Crippen molar-refractivity contribution in [3.05, 3.63) is 29.8 Å². The van der Waals surface area contributed by atoms with Gasteiger partial charge in [-0.1, -0.05) is 18.2 Å². The zero-order valence-corrected chi connectivity index (χ0v) is 12.7. The summed E-state index contributed by atoms with van der Waals surface area (Å²) in [5.41, 5.74) is 0.759.